The minimum absolute atomic E-state index is 0.334. The molecule has 0 aromatic heterocycles. The fourth-order valence-corrected chi connectivity index (χ4v) is 13.8. The maximum absolute atomic E-state index is 5.45. The molecule has 0 saturated carbocycles. The van der Waals surface area contributed by atoms with Crippen LogP contribution in [0.3, 0.4) is 0 Å². The van der Waals surface area contributed by atoms with E-state index >= 15 is 0 Å². The van der Waals surface area contributed by atoms with Gasteiger partial charge < -0.3 is 4.41 Å². The maximum Gasteiger partial charge on any atom is 0.170 e. The van der Waals surface area contributed by atoms with Crippen LogP contribution in [0.15, 0.2) is 4.41 Å². The molecule has 0 heterocycles. The van der Waals surface area contributed by atoms with Crippen LogP contribution >= 0.6 is 7.05 Å². The Labute approximate surface area is 105 Å². The molecular formula is C13H32NPSi. The van der Waals surface area contributed by atoms with Crippen molar-refractivity contribution in [1.82, 2.24) is 0 Å². The summed E-state index contributed by atoms with van der Waals surface area (Å²) in [6.07, 6.45) is 1.24. The lowest BCUT2D eigenvalue weighted by Gasteiger charge is -2.48. The van der Waals surface area contributed by atoms with Gasteiger partial charge in [-0.05, 0) is 23.5 Å². The van der Waals surface area contributed by atoms with E-state index in [1.165, 1.54) is 6.16 Å². The molecule has 0 saturated heterocycles. The van der Waals surface area contributed by atoms with Crippen molar-refractivity contribution < 1.29 is 0 Å². The third-order valence-corrected chi connectivity index (χ3v) is 12.3. The smallest absolute Gasteiger partial charge is 0.170 e. The second-order valence-electron chi connectivity index (χ2n) is 7.70. The molecule has 0 radical (unpaired) electrons. The highest BCUT2D eigenvalue weighted by Crippen LogP contribution is 2.69. The first-order valence-corrected chi connectivity index (χ1v) is 11.8. The van der Waals surface area contributed by atoms with Crippen LogP contribution in [-0.4, -0.2) is 24.7 Å². The summed E-state index contributed by atoms with van der Waals surface area (Å²) in [6.45, 7) is 23.8. The van der Waals surface area contributed by atoms with E-state index in [0.717, 1.165) is 0 Å². The Morgan fingerprint density at radius 1 is 0.875 bits per heavy atom. The van der Waals surface area contributed by atoms with Gasteiger partial charge in [0, 0.05) is 0 Å². The topological polar surface area (TPSA) is 12.4 Å². The van der Waals surface area contributed by atoms with Crippen LogP contribution in [0.1, 0.15) is 48.5 Å². The molecule has 3 heteroatoms. The van der Waals surface area contributed by atoms with Crippen LogP contribution in [0.2, 0.25) is 19.6 Å². The highest BCUT2D eigenvalue weighted by Gasteiger charge is 2.42. The van der Waals surface area contributed by atoms with Crippen molar-refractivity contribution in [3.05, 3.63) is 0 Å². The normalized spacial score (nSPS) is 15.1. The monoisotopic (exact) mass is 261 g/mol. The summed E-state index contributed by atoms with van der Waals surface area (Å²) < 4.78 is 5.45. The Hall–Kier alpha value is 0.447. The van der Waals surface area contributed by atoms with Crippen molar-refractivity contribution in [2.75, 3.05) is 6.16 Å². The number of nitrogens with zero attached hydrogens (tertiary/aromatic N) is 1. The van der Waals surface area contributed by atoms with E-state index in [9.17, 15) is 0 Å². The molecule has 98 valence electrons. The zero-order valence-electron chi connectivity index (χ0n) is 13.1. The van der Waals surface area contributed by atoms with Crippen molar-refractivity contribution in [3.8, 4) is 0 Å². The van der Waals surface area contributed by atoms with Gasteiger partial charge in [-0.15, -0.1) is 0 Å². The average Bonchev–Trinajstić information content (AvgIpc) is 1.93. The molecule has 0 N–H and O–H groups in total. The Balaban J connectivity index is 6.01. The van der Waals surface area contributed by atoms with E-state index in [-0.39, 0.29) is 0 Å². The van der Waals surface area contributed by atoms with Crippen molar-refractivity contribution in [3.63, 3.8) is 0 Å². The highest BCUT2D eigenvalue weighted by atomic mass is 31.2. The molecule has 16 heavy (non-hydrogen) atoms. The van der Waals surface area contributed by atoms with Crippen LogP contribution in [0.4, 0.5) is 0 Å². The quantitative estimate of drug-likeness (QED) is 0.450. The van der Waals surface area contributed by atoms with Crippen LogP contribution < -0.4 is 0 Å². The average molecular weight is 261 g/mol. The predicted molar refractivity (Wildman–Crippen MR) is 82.7 cm³/mol. The molecule has 0 aliphatic heterocycles. The van der Waals surface area contributed by atoms with Crippen LogP contribution in [0, 0.1) is 0 Å². The standard InChI is InChI=1S/C13H32NPSi/c1-11-15(12(2,3)4,13(5,6)7)14-16(8,9)10/h11H2,1-10H3. The van der Waals surface area contributed by atoms with Crippen molar-refractivity contribution in [2.24, 2.45) is 4.41 Å². The zero-order chi connectivity index (χ0) is 13.4. The molecule has 0 aliphatic carbocycles. The number of hydrogen-bond acceptors (Lipinski definition) is 1. The Morgan fingerprint density at radius 3 is 1.25 bits per heavy atom. The van der Waals surface area contributed by atoms with Crippen LogP contribution in [0.25, 0.3) is 0 Å². The Morgan fingerprint density at radius 2 is 1.19 bits per heavy atom. The van der Waals surface area contributed by atoms with Crippen molar-refractivity contribution in [2.45, 2.75) is 78.4 Å². The van der Waals surface area contributed by atoms with Gasteiger partial charge in [-0.25, -0.2) is 0 Å². The molecule has 0 amide bonds. The lowest BCUT2D eigenvalue weighted by atomic mass is 10.2. The van der Waals surface area contributed by atoms with Gasteiger partial charge in [-0.1, -0.05) is 68.1 Å². The third-order valence-electron chi connectivity index (χ3n) is 3.15. The lowest BCUT2D eigenvalue weighted by molar-refractivity contribution is 0.693. The first kappa shape index (κ1) is 16.4. The largest absolute Gasteiger partial charge is 0.337 e. The molecule has 0 spiro atoms. The third kappa shape index (κ3) is 3.47. The molecule has 0 aromatic rings. The fraction of sp³-hybridized carbons (Fsp3) is 1.00. The predicted octanol–water partition coefficient (Wildman–Crippen LogP) is 5.64. The summed E-state index contributed by atoms with van der Waals surface area (Å²) in [5.41, 5.74) is 0. The second kappa shape index (κ2) is 4.61. The van der Waals surface area contributed by atoms with Gasteiger partial charge in [0.2, 0.25) is 0 Å². The minimum Gasteiger partial charge on any atom is -0.337 e. The van der Waals surface area contributed by atoms with Gasteiger partial charge in [-0.3, -0.25) is 0 Å². The van der Waals surface area contributed by atoms with Crippen molar-refractivity contribution in [1.29, 1.82) is 0 Å². The van der Waals surface area contributed by atoms with E-state index in [1.807, 2.05) is 0 Å². The molecule has 0 rings (SSSR count). The zero-order valence-corrected chi connectivity index (χ0v) is 15.0. The van der Waals surface area contributed by atoms with Gasteiger partial charge in [0.15, 0.2) is 8.24 Å². The van der Waals surface area contributed by atoms with Gasteiger partial charge in [-0.2, -0.15) is 0 Å². The van der Waals surface area contributed by atoms with Gasteiger partial charge in [0.1, 0.15) is 0 Å². The number of rotatable bonds is 2. The molecule has 0 aromatic carbocycles. The van der Waals surface area contributed by atoms with E-state index in [0.29, 0.717) is 10.3 Å². The van der Waals surface area contributed by atoms with E-state index in [4.69, 9.17) is 4.41 Å². The van der Waals surface area contributed by atoms with Gasteiger partial charge in [0.25, 0.3) is 0 Å². The lowest BCUT2D eigenvalue weighted by Crippen LogP contribution is -2.33. The van der Waals surface area contributed by atoms with Gasteiger partial charge in [0.05, 0.1) is 0 Å². The summed E-state index contributed by atoms with van der Waals surface area (Å²) >= 11 is 0. The maximum atomic E-state index is 5.45. The molecule has 0 fully saturated rings. The first-order chi connectivity index (χ1) is 6.77. The second-order valence-corrected chi connectivity index (χ2v) is 17.7. The molecule has 0 aliphatic rings. The molecule has 1 nitrogen and oxygen atoms in total. The molecular weight excluding hydrogens is 229 g/mol. The Bertz CT molecular complexity index is 269. The molecule has 0 bridgehead atoms. The van der Waals surface area contributed by atoms with E-state index in [2.05, 4.69) is 68.1 Å². The Kier molecular flexibility index (Phi) is 4.74. The minimum atomic E-state index is -1.36. The van der Waals surface area contributed by atoms with Crippen LogP contribution in [0.5, 0.6) is 0 Å². The van der Waals surface area contributed by atoms with E-state index in [1.54, 1.807) is 0 Å². The summed E-state index contributed by atoms with van der Waals surface area (Å²) in [5, 5.41) is 0.667. The van der Waals surface area contributed by atoms with Crippen molar-refractivity contribution >= 4 is 15.3 Å². The summed E-state index contributed by atoms with van der Waals surface area (Å²) in [7, 11) is -2.64. The highest BCUT2D eigenvalue weighted by molar-refractivity contribution is 7.70. The molecule has 0 atom stereocenters. The summed E-state index contributed by atoms with van der Waals surface area (Å²) in [6, 6.07) is 0. The van der Waals surface area contributed by atoms with Gasteiger partial charge >= 0.3 is 0 Å². The van der Waals surface area contributed by atoms with Crippen LogP contribution in [-0.2, 0) is 0 Å². The SMILES string of the molecule is CCP(=N[Si](C)(C)C)(C(C)(C)C)C(C)(C)C. The first-order valence-electron chi connectivity index (χ1n) is 6.39. The summed E-state index contributed by atoms with van der Waals surface area (Å²) in [5.74, 6) is 0. The summed E-state index contributed by atoms with van der Waals surface area (Å²) in [4.78, 5) is 0. The van der Waals surface area contributed by atoms with E-state index < -0.39 is 15.3 Å². The molecule has 0 unspecified atom stereocenters. The number of hydrogen-bond donors (Lipinski definition) is 0. The fourth-order valence-electron chi connectivity index (χ4n) is 2.84.